The summed E-state index contributed by atoms with van der Waals surface area (Å²) in [6.07, 6.45) is 2.49. The highest BCUT2D eigenvalue weighted by molar-refractivity contribution is 9.13. The third-order valence-electron chi connectivity index (χ3n) is 2.83. The second-order valence-electron chi connectivity index (χ2n) is 4.07. The number of aromatic nitrogens is 4. The molecule has 0 spiro atoms. The zero-order valence-corrected chi connectivity index (χ0v) is 13.9. The Morgan fingerprint density at radius 2 is 2.00 bits per heavy atom. The molecule has 102 valence electrons. The van der Waals surface area contributed by atoms with E-state index in [-0.39, 0.29) is 5.56 Å². The SMILES string of the molecule is CCc1cc(Cn2ncc(Br)c(Br)c2=O)n(CC)n1. The maximum atomic E-state index is 12.1. The van der Waals surface area contributed by atoms with Crippen molar-refractivity contribution >= 4 is 31.9 Å². The zero-order chi connectivity index (χ0) is 14.0. The van der Waals surface area contributed by atoms with Crippen LogP contribution in [0.4, 0.5) is 0 Å². The number of nitrogens with zero attached hydrogens (tertiary/aromatic N) is 4. The molecule has 0 amide bonds. The molecule has 0 aliphatic carbocycles. The molecule has 0 aromatic carbocycles. The van der Waals surface area contributed by atoms with Crippen molar-refractivity contribution in [2.75, 3.05) is 0 Å². The Hall–Kier alpha value is -0.950. The molecule has 0 N–H and O–H groups in total. The smallest absolute Gasteiger partial charge is 0.268 e. The van der Waals surface area contributed by atoms with E-state index in [9.17, 15) is 4.79 Å². The predicted molar refractivity (Wildman–Crippen MR) is 80.3 cm³/mol. The molecular weight excluding hydrogens is 376 g/mol. The van der Waals surface area contributed by atoms with Gasteiger partial charge in [-0.25, -0.2) is 4.68 Å². The highest BCUT2D eigenvalue weighted by Crippen LogP contribution is 2.17. The van der Waals surface area contributed by atoms with Gasteiger partial charge in [0.1, 0.15) is 4.47 Å². The lowest BCUT2D eigenvalue weighted by atomic mass is 10.3. The minimum absolute atomic E-state index is 0.156. The maximum Gasteiger partial charge on any atom is 0.282 e. The van der Waals surface area contributed by atoms with Gasteiger partial charge in [0.2, 0.25) is 0 Å². The Morgan fingerprint density at radius 1 is 1.26 bits per heavy atom. The van der Waals surface area contributed by atoms with Crippen molar-refractivity contribution in [3.63, 3.8) is 0 Å². The van der Waals surface area contributed by atoms with Crippen LogP contribution < -0.4 is 5.56 Å². The second-order valence-corrected chi connectivity index (χ2v) is 5.71. The van der Waals surface area contributed by atoms with E-state index in [1.165, 1.54) is 4.68 Å². The van der Waals surface area contributed by atoms with Crippen molar-refractivity contribution in [3.8, 4) is 0 Å². The molecular formula is C12H14Br2N4O. The van der Waals surface area contributed by atoms with Gasteiger partial charge in [0.25, 0.3) is 5.56 Å². The lowest BCUT2D eigenvalue weighted by molar-refractivity contribution is 0.555. The van der Waals surface area contributed by atoms with Crippen molar-refractivity contribution in [1.82, 2.24) is 19.6 Å². The Kier molecular flexibility index (Phi) is 4.57. The fourth-order valence-electron chi connectivity index (χ4n) is 1.80. The summed E-state index contributed by atoms with van der Waals surface area (Å²) in [5.74, 6) is 0. The average Bonchev–Trinajstić information content (AvgIpc) is 2.82. The summed E-state index contributed by atoms with van der Waals surface area (Å²) >= 11 is 6.52. The molecule has 0 aliphatic rings. The van der Waals surface area contributed by atoms with Crippen LogP contribution in [0.5, 0.6) is 0 Å². The summed E-state index contributed by atoms with van der Waals surface area (Å²) in [6, 6.07) is 2.02. The zero-order valence-electron chi connectivity index (χ0n) is 10.7. The molecule has 7 heteroatoms. The molecule has 0 saturated heterocycles. The standard InChI is InChI=1S/C12H14Br2N4O/c1-3-8-5-9(17(4-2)16-8)7-18-12(19)11(14)10(13)6-15-18/h5-6H,3-4,7H2,1-2H3. The first-order chi connectivity index (χ1) is 9.06. The summed E-state index contributed by atoms with van der Waals surface area (Å²) in [4.78, 5) is 12.1. The van der Waals surface area contributed by atoms with Gasteiger partial charge in [0, 0.05) is 6.54 Å². The van der Waals surface area contributed by atoms with Gasteiger partial charge in [0.15, 0.2) is 0 Å². The molecule has 0 radical (unpaired) electrons. The van der Waals surface area contributed by atoms with Crippen LogP contribution in [0.3, 0.4) is 0 Å². The summed E-state index contributed by atoms with van der Waals surface area (Å²) in [5.41, 5.74) is 1.86. The van der Waals surface area contributed by atoms with E-state index in [4.69, 9.17) is 0 Å². The molecule has 2 aromatic heterocycles. The molecule has 0 atom stereocenters. The fourth-order valence-corrected chi connectivity index (χ4v) is 2.37. The van der Waals surface area contributed by atoms with E-state index < -0.39 is 0 Å². The van der Waals surface area contributed by atoms with Gasteiger partial charge in [-0.15, -0.1) is 0 Å². The predicted octanol–water partition coefficient (Wildman–Crippen LogP) is 2.60. The first-order valence-corrected chi connectivity index (χ1v) is 7.62. The highest BCUT2D eigenvalue weighted by atomic mass is 79.9. The van der Waals surface area contributed by atoms with Crippen molar-refractivity contribution in [3.05, 3.63) is 43.0 Å². The summed E-state index contributed by atoms with van der Waals surface area (Å²) in [7, 11) is 0. The second kappa shape index (κ2) is 6.00. The third kappa shape index (κ3) is 2.97. The van der Waals surface area contributed by atoms with Crippen LogP contribution in [0, 0.1) is 0 Å². The summed E-state index contributed by atoms with van der Waals surface area (Å²) in [6.45, 7) is 5.30. The Balaban J connectivity index is 2.39. The van der Waals surface area contributed by atoms with Crippen molar-refractivity contribution in [2.45, 2.75) is 33.4 Å². The van der Waals surface area contributed by atoms with E-state index in [1.807, 2.05) is 17.7 Å². The third-order valence-corrected chi connectivity index (χ3v) is 4.73. The molecule has 0 unspecified atom stereocenters. The van der Waals surface area contributed by atoms with E-state index in [1.54, 1.807) is 6.20 Å². The lowest BCUT2D eigenvalue weighted by Gasteiger charge is -2.07. The van der Waals surface area contributed by atoms with Gasteiger partial charge >= 0.3 is 0 Å². The van der Waals surface area contributed by atoms with E-state index in [0.29, 0.717) is 15.5 Å². The summed E-state index contributed by atoms with van der Waals surface area (Å²) < 4.78 is 4.48. The molecule has 2 aromatic rings. The highest BCUT2D eigenvalue weighted by Gasteiger charge is 2.11. The van der Waals surface area contributed by atoms with Gasteiger partial charge in [-0.3, -0.25) is 9.48 Å². The lowest BCUT2D eigenvalue weighted by Crippen LogP contribution is -2.25. The normalized spacial score (nSPS) is 10.9. The van der Waals surface area contributed by atoms with Gasteiger partial charge in [-0.2, -0.15) is 10.2 Å². The molecule has 2 rings (SSSR count). The van der Waals surface area contributed by atoms with Crippen LogP contribution in [0.25, 0.3) is 0 Å². The largest absolute Gasteiger partial charge is 0.282 e. The fraction of sp³-hybridized carbons (Fsp3) is 0.417. The van der Waals surface area contributed by atoms with Crippen LogP contribution in [-0.4, -0.2) is 19.6 Å². The molecule has 0 aliphatic heterocycles. The van der Waals surface area contributed by atoms with Crippen LogP contribution >= 0.6 is 31.9 Å². The van der Waals surface area contributed by atoms with Gasteiger partial charge in [-0.05, 0) is 51.3 Å². The summed E-state index contributed by atoms with van der Waals surface area (Å²) in [5, 5.41) is 8.60. The number of halogens is 2. The van der Waals surface area contributed by atoms with E-state index >= 15 is 0 Å². The number of aryl methyl sites for hydroxylation is 2. The van der Waals surface area contributed by atoms with Gasteiger partial charge in [-0.1, -0.05) is 6.92 Å². The van der Waals surface area contributed by atoms with Gasteiger partial charge < -0.3 is 0 Å². The minimum Gasteiger partial charge on any atom is -0.268 e. The molecule has 0 bridgehead atoms. The Bertz CT molecular complexity index is 648. The van der Waals surface area contributed by atoms with Crippen LogP contribution in [-0.2, 0) is 19.5 Å². The quantitative estimate of drug-likeness (QED) is 0.807. The minimum atomic E-state index is -0.156. The van der Waals surface area contributed by atoms with Crippen LogP contribution in [0.15, 0.2) is 26.0 Å². The Labute approximate surface area is 127 Å². The van der Waals surface area contributed by atoms with Crippen molar-refractivity contribution < 1.29 is 0 Å². The first kappa shape index (κ1) is 14.5. The van der Waals surface area contributed by atoms with Crippen molar-refractivity contribution in [2.24, 2.45) is 0 Å². The first-order valence-electron chi connectivity index (χ1n) is 6.03. The van der Waals surface area contributed by atoms with Crippen LogP contribution in [0.2, 0.25) is 0 Å². The molecule has 19 heavy (non-hydrogen) atoms. The maximum absolute atomic E-state index is 12.1. The van der Waals surface area contributed by atoms with Crippen LogP contribution in [0.1, 0.15) is 25.2 Å². The molecule has 2 heterocycles. The van der Waals surface area contributed by atoms with Gasteiger partial charge in [0.05, 0.1) is 28.6 Å². The number of hydrogen-bond donors (Lipinski definition) is 0. The molecule has 0 saturated carbocycles. The molecule has 5 nitrogen and oxygen atoms in total. The monoisotopic (exact) mass is 388 g/mol. The number of rotatable bonds is 4. The van der Waals surface area contributed by atoms with Crippen molar-refractivity contribution in [1.29, 1.82) is 0 Å². The van der Waals surface area contributed by atoms with E-state index in [0.717, 1.165) is 24.4 Å². The number of hydrogen-bond acceptors (Lipinski definition) is 3. The molecule has 0 fully saturated rings. The average molecular weight is 390 g/mol. The Morgan fingerprint density at radius 3 is 2.63 bits per heavy atom. The topological polar surface area (TPSA) is 52.7 Å². The van der Waals surface area contributed by atoms with E-state index in [2.05, 4.69) is 49.0 Å².